The van der Waals surface area contributed by atoms with Gasteiger partial charge in [-0.1, -0.05) is 30.3 Å². The number of para-hydroxylation sites is 3. The van der Waals surface area contributed by atoms with Gasteiger partial charge in [0.25, 0.3) is 5.91 Å². The van der Waals surface area contributed by atoms with E-state index in [-0.39, 0.29) is 24.2 Å². The van der Waals surface area contributed by atoms with Gasteiger partial charge in [-0.2, -0.15) is 0 Å². The second-order valence-corrected chi connectivity index (χ2v) is 7.03. The Labute approximate surface area is 146 Å². The summed E-state index contributed by atoms with van der Waals surface area (Å²) in [6, 6.07) is 15.1. The lowest BCUT2D eigenvalue weighted by molar-refractivity contribution is -0.131. The minimum atomic E-state index is -0.659. The summed E-state index contributed by atoms with van der Waals surface area (Å²) in [5.74, 6) is 1.91. The van der Waals surface area contributed by atoms with E-state index >= 15 is 0 Å². The maximum absolute atomic E-state index is 12.7. The molecule has 5 heteroatoms. The summed E-state index contributed by atoms with van der Waals surface area (Å²) < 4.78 is 17.5. The van der Waals surface area contributed by atoms with Crippen LogP contribution in [0.2, 0.25) is 0 Å². The second-order valence-electron chi connectivity index (χ2n) is 7.03. The van der Waals surface area contributed by atoms with E-state index in [4.69, 9.17) is 14.2 Å². The largest absolute Gasteiger partial charge is 0.487 e. The number of nitrogens with one attached hydrogen (secondary N) is 1. The SMILES string of the molecule is CC1(C)C[C@H](NC(=O)[C@H]2COc3ccccc3O2)c2ccccc2O1. The van der Waals surface area contributed by atoms with Crippen molar-refractivity contribution in [2.75, 3.05) is 6.61 Å². The summed E-state index contributed by atoms with van der Waals surface area (Å²) in [7, 11) is 0. The smallest absolute Gasteiger partial charge is 0.265 e. The van der Waals surface area contributed by atoms with Crippen molar-refractivity contribution < 1.29 is 19.0 Å². The fourth-order valence-corrected chi connectivity index (χ4v) is 3.34. The van der Waals surface area contributed by atoms with Crippen LogP contribution in [-0.4, -0.2) is 24.2 Å². The summed E-state index contributed by atoms with van der Waals surface area (Å²) in [6.45, 7) is 4.26. The van der Waals surface area contributed by atoms with Gasteiger partial charge in [-0.05, 0) is 32.0 Å². The zero-order chi connectivity index (χ0) is 17.4. The molecule has 1 amide bonds. The monoisotopic (exact) mass is 339 g/mol. The van der Waals surface area contributed by atoms with Crippen LogP contribution >= 0.6 is 0 Å². The van der Waals surface area contributed by atoms with Crippen LogP contribution in [0.4, 0.5) is 0 Å². The van der Waals surface area contributed by atoms with Gasteiger partial charge in [-0.25, -0.2) is 0 Å². The molecule has 2 aromatic rings. The van der Waals surface area contributed by atoms with Crippen molar-refractivity contribution in [3.8, 4) is 17.2 Å². The van der Waals surface area contributed by atoms with Gasteiger partial charge in [-0.3, -0.25) is 4.79 Å². The lowest BCUT2D eigenvalue weighted by atomic mass is 9.89. The third kappa shape index (κ3) is 3.14. The first-order valence-electron chi connectivity index (χ1n) is 8.49. The van der Waals surface area contributed by atoms with E-state index in [9.17, 15) is 4.79 Å². The number of carbonyl (C=O) groups excluding carboxylic acids is 1. The quantitative estimate of drug-likeness (QED) is 0.912. The van der Waals surface area contributed by atoms with Gasteiger partial charge in [0, 0.05) is 12.0 Å². The van der Waals surface area contributed by atoms with Crippen LogP contribution in [0, 0.1) is 0 Å². The molecule has 2 heterocycles. The molecule has 0 radical (unpaired) electrons. The fraction of sp³-hybridized carbons (Fsp3) is 0.350. The fourth-order valence-electron chi connectivity index (χ4n) is 3.34. The third-order valence-corrected chi connectivity index (χ3v) is 4.49. The molecule has 2 aliphatic rings. The number of carbonyl (C=O) groups is 1. The average molecular weight is 339 g/mol. The van der Waals surface area contributed by atoms with Crippen molar-refractivity contribution in [2.45, 2.75) is 38.0 Å². The van der Waals surface area contributed by atoms with Crippen LogP contribution in [0.25, 0.3) is 0 Å². The standard InChI is InChI=1S/C20H21NO4/c1-20(2)11-14(13-7-3-4-8-15(13)25-20)21-19(22)18-12-23-16-9-5-6-10-17(16)24-18/h3-10,14,18H,11-12H2,1-2H3,(H,21,22)/t14-,18+/m0/s1. The number of hydrogen-bond acceptors (Lipinski definition) is 4. The van der Waals surface area contributed by atoms with E-state index in [0.29, 0.717) is 17.9 Å². The molecule has 0 aromatic heterocycles. The summed E-state index contributed by atoms with van der Waals surface area (Å²) in [4.78, 5) is 12.7. The molecule has 1 N–H and O–H groups in total. The van der Waals surface area contributed by atoms with Crippen LogP contribution in [-0.2, 0) is 4.79 Å². The van der Waals surface area contributed by atoms with Gasteiger partial charge in [0.15, 0.2) is 11.5 Å². The minimum absolute atomic E-state index is 0.117. The molecule has 0 saturated heterocycles. The Morgan fingerprint density at radius 3 is 2.52 bits per heavy atom. The number of amides is 1. The zero-order valence-electron chi connectivity index (χ0n) is 14.3. The molecular formula is C20H21NO4. The van der Waals surface area contributed by atoms with Gasteiger partial charge in [0.1, 0.15) is 18.0 Å². The molecule has 0 bridgehead atoms. The molecule has 130 valence electrons. The Morgan fingerprint density at radius 2 is 1.72 bits per heavy atom. The Kier molecular flexibility index (Phi) is 3.79. The summed E-state index contributed by atoms with van der Waals surface area (Å²) >= 11 is 0. The van der Waals surface area contributed by atoms with Gasteiger partial charge < -0.3 is 19.5 Å². The van der Waals surface area contributed by atoms with Crippen molar-refractivity contribution in [2.24, 2.45) is 0 Å². The van der Waals surface area contributed by atoms with E-state index in [1.165, 1.54) is 0 Å². The van der Waals surface area contributed by atoms with Gasteiger partial charge >= 0.3 is 0 Å². The van der Waals surface area contributed by atoms with E-state index in [0.717, 1.165) is 11.3 Å². The van der Waals surface area contributed by atoms with Crippen LogP contribution in [0.5, 0.6) is 17.2 Å². The molecule has 2 aromatic carbocycles. The highest BCUT2D eigenvalue weighted by atomic mass is 16.6. The van der Waals surface area contributed by atoms with Crippen LogP contribution in [0.3, 0.4) is 0 Å². The highest BCUT2D eigenvalue weighted by Gasteiger charge is 2.36. The molecule has 0 spiro atoms. The number of rotatable bonds is 2. The van der Waals surface area contributed by atoms with Crippen molar-refractivity contribution in [3.63, 3.8) is 0 Å². The number of fused-ring (bicyclic) bond motifs is 2. The lowest BCUT2D eigenvalue weighted by Crippen LogP contribution is -2.48. The Balaban J connectivity index is 1.52. The van der Waals surface area contributed by atoms with E-state index in [1.54, 1.807) is 0 Å². The highest BCUT2D eigenvalue weighted by molar-refractivity contribution is 5.82. The van der Waals surface area contributed by atoms with E-state index in [1.807, 2.05) is 62.4 Å². The Bertz CT molecular complexity index is 802. The van der Waals surface area contributed by atoms with Crippen molar-refractivity contribution in [1.29, 1.82) is 0 Å². The van der Waals surface area contributed by atoms with Gasteiger partial charge in [0.2, 0.25) is 6.10 Å². The maximum atomic E-state index is 12.7. The van der Waals surface area contributed by atoms with Crippen molar-refractivity contribution in [3.05, 3.63) is 54.1 Å². The number of hydrogen-bond donors (Lipinski definition) is 1. The first-order valence-corrected chi connectivity index (χ1v) is 8.49. The number of ether oxygens (including phenoxy) is 3. The Morgan fingerprint density at radius 1 is 1.04 bits per heavy atom. The molecule has 2 atom stereocenters. The molecular weight excluding hydrogens is 318 g/mol. The molecule has 5 nitrogen and oxygen atoms in total. The normalized spacial score (nSPS) is 23.1. The second kappa shape index (κ2) is 5.99. The first-order chi connectivity index (χ1) is 12.0. The van der Waals surface area contributed by atoms with Crippen molar-refractivity contribution in [1.82, 2.24) is 5.32 Å². The van der Waals surface area contributed by atoms with Crippen LogP contribution in [0.15, 0.2) is 48.5 Å². The molecule has 4 rings (SSSR count). The third-order valence-electron chi connectivity index (χ3n) is 4.49. The van der Waals surface area contributed by atoms with Crippen molar-refractivity contribution >= 4 is 5.91 Å². The zero-order valence-corrected chi connectivity index (χ0v) is 14.3. The van der Waals surface area contributed by atoms with E-state index < -0.39 is 6.10 Å². The summed E-state index contributed by atoms with van der Waals surface area (Å²) in [5.41, 5.74) is 0.648. The van der Waals surface area contributed by atoms with Crippen LogP contribution < -0.4 is 19.5 Å². The van der Waals surface area contributed by atoms with Gasteiger partial charge in [-0.15, -0.1) is 0 Å². The number of benzene rings is 2. The predicted octanol–water partition coefficient (Wildman–Crippen LogP) is 3.25. The molecule has 0 saturated carbocycles. The van der Waals surface area contributed by atoms with Crippen LogP contribution in [0.1, 0.15) is 31.9 Å². The molecule has 2 aliphatic heterocycles. The topological polar surface area (TPSA) is 56.8 Å². The summed E-state index contributed by atoms with van der Waals surface area (Å²) in [6.07, 6.45) is 0.0351. The maximum Gasteiger partial charge on any atom is 0.265 e. The first kappa shape index (κ1) is 15.8. The van der Waals surface area contributed by atoms with Gasteiger partial charge in [0.05, 0.1) is 6.04 Å². The Hall–Kier alpha value is -2.69. The molecule has 0 aliphatic carbocycles. The van der Waals surface area contributed by atoms with E-state index in [2.05, 4.69) is 5.32 Å². The predicted molar refractivity (Wildman–Crippen MR) is 93.0 cm³/mol. The molecule has 25 heavy (non-hydrogen) atoms. The average Bonchev–Trinajstić information content (AvgIpc) is 2.60. The lowest BCUT2D eigenvalue weighted by Gasteiger charge is -2.38. The molecule has 0 unspecified atom stereocenters. The highest BCUT2D eigenvalue weighted by Crippen LogP contribution is 2.39. The molecule has 0 fully saturated rings. The minimum Gasteiger partial charge on any atom is -0.487 e. The summed E-state index contributed by atoms with van der Waals surface area (Å²) in [5, 5.41) is 3.11.